The minimum absolute atomic E-state index is 0.0197. The summed E-state index contributed by atoms with van der Waals surface area (Å²) in [6, 6.07) is 62.8. The number of nitrogens with zero attached hydrogens (tertiary/aromatic N) is 4. The number of hydrogen-bond acceptors (Lipinski definition) is 8. The highest BCUT2D eigenvalue weighted by molar-refractivity contribution is 8.01. The van der Waals surface area contributed by atoms with Crippen molar-refractivity contribution in [2.75, 3.05) is 0 Å². The van der Waals surface area contributed by atoms with Gasteiger partial charge >= 0.3 is 0 Å². The molecular formula is C72H68N4O8P2S4. The van der Waals surface area contributed by atoms with Gasteiger partial charge < -0.3 is 0 Å². The second-order valence-corrected chi connectivity index (χ2v) is 36.4. The Hall–Kier alpha value is -6.78. The Morgan fingerprint density at radius 1 is 0.311 bits per heavy atom. The maximum Gasteiger partial charge on any atom is 0.248 e. The summed E-state index contributed by atoms with van der Waals surface area (Å²) < 4.78 is 140. The van der Waals surface area contributed by atoms with E-state index in [9.17, 15) is 0 Å². The molecule has 4 atom stereocenters. The third-order valence-electron chi connectivity index (χ3n) is 18.4. The van der Waals surface area contributed by atoms with E-state index in [1.54, 1.807) is 113 Å². The standard InChI is InChI=1S/C72H68N4O8P2S4/c1-49-31-39-57(40-32-49)87(77,78)73-65-27-15-16-28-66(65)74(88(79,80)58-41-33-50(2)34-42-58)85(73)71-63(53-19-7-5-8-20-53)47-55-23-11-13-25-61(55)69(71)70-62-26-14-12-24-56(62)48-64(54-21-9-6-10-22-54)72(70)86-75(89(81,82)59-43-35-51(3)36-44-59)67-29-17-18-30-68(67)76(86)90(83,84)60-45-37-52(4)38-46-60/h5-14,19-26,31-48,65-68H,15-18,27-30H2,1-4H3. The van der Waals surface area contributed by atoms with Crippen LogP contribution in [0.2, 0.25) is 0 Å². The van der Waals surface area contributed by atoms with Gasteiger partial charge in [-0.25, -0.2) is 33.7 Å². The predicted molar refractivity (Wildman–Crippen MR) is 364 cm³/mol. The first-order valence-electron chi connectivity index (χ1n) is 30.6. The molecule has 2 heterocycles. The van der Waals surface area contributed by atoms with Crippen LogP contribution in [0.15, 0.2) is 238 Å². The van der Waals surface area contributed by atoms with Gasteiger partial charge in [0.05, 0.1) is 19.6 Å². The molecule has 0 bridgehead atoms. The summed E-state index contributed by atoms with van der Waals surface area (Å²) in [6.07, 6.45) is 4.10. The Morgan fingerprint density at radius 3 is 0.822 bits per heavy atom. The molecule has 10 aromatic carbocycles. The van der Waals surface area contributed by atoms with Crippen LogP contribution in [0.4, 0.5) is 0 Å². The number of fused-ring (bicyclic) bond motifs is 4. The highest BCUT2D eigenvalue weighted by atomic mass is 32.2. The maximum absolute atomic E-state index is 16.7. The highest BCUT2D eigenvalue weighted by Gasteiger charge is 2.62. The Bertz CT molecular complexity index is 4400. The summed E-state index contributed by atoms with van der Waals surface area (Å²) in [7, 11) is -24.1. The van der Waals surface area contributed by atoms with E-state index in [2.05, 4.69) is 0 Å². The normalized spacial score (nSPS) is 21.4. The zero-order chi connectivity index (χ0) is 62.4. The van der Waals surface area contributed by atoms with Gasteiger partial charge in [-0.1, -0.05) is 206 Å². The minimum atomic E-state index is -4.63. The van der Waals surface area contributed by atoms with Crippen LogP contribution in [0, 0.1) is 27.7 Å². The average molecular weight is 1310 g/mol. The fourth-order valence-electron chi connectivity index (χ4n) is 14.0. The quantitative estimate of drug-likeness (QED) is 0.104. The first-order valence-corrected chi connectivity index (χ1v) is 38.9. The number of sulfonamides is 4. The van der Waals surface area contributed by atoms with Gasteiger partial charge in [-0.3, -0.25) is 0 Å². The smallest absolute Gasteiger partial charge is 0.207 e. The fraction of sp³-hybridized carbons (Fsp3) is 0.222. The molecule has 0 amide bonds. The van der Waals surface area contributed by atoms with Crippen LogP contribution in [0.1, 0.15) is 73.6 Å². The van der Waals surface area contributed by atoms with Crippen molar-refractivity contribution in [3.63, 3.8) is 0 Å². The molecule has 4 fully saturated rings. The number of benzene rings is 10. The maximum atomic E-state index is 16.7. The zero-order valence-corrected chi connectivity index (χ0v) is 55.4. The van der Waals surface area contributed by atoms with Crippen LogP contribution in [0.3, 0.4) is 0 Å². The molecule has 0 spiro atoms. The SMILES string of the molecule is Cc1ccc(S(=O)(=O)N2C3CCCCC3N(S(=O)(=O)c3ccc(C)cc3)P2c2c(-c3ccccc3)cc3ccccc3c2-c2c(P3N(S(=O)(=O)c4ccc(C)cc4)C4CCCCC4N3S(=O)(=O)c3ccc(C)cc3)c(-c3ccccc3)cc3ccccc23)cc1. The van der Waals surface area contributed by atoms with E-state index in [1.807, 2.05) is 149 Å². The summed E-state index contributed by atoms with van der Waals surface area (Å²) in [5.74, 6) is 0. The van der Waals surface area contributed by atoms with Crippen LogP contribution in [0.5, 0.6) is 0 Å². The van der Waals surface area contributed by atoms with Gasteiger partial charge in [0.2, 0.25) is 40.1 Å². The van der Waals surface area contributed by atoms with Crippen LogP contribution in [-0.4, -0.2) is 74.1 Å². The van der Waals surface area contributed by atoms with Crippen molar-refractivity contribution < 1.29 is 33.7 Å². The van der Waals surface area contributed by atoms with Gasteiger partial charge in [-0.2, -0.15) is 16.3 Å². The molecule has 18 heteroatoms. The van der Waals surface area contributed by atoms with E-state index in [0.29, 0.717) is 106 Å². The molecule has 2 aliphatic carbocycles. The fourth-order valence-corrected chi connectivity index (χ4v) is 30.8. The highest BCUT2D eigenvalue weighted by Crippen LogP contribution is 2.67. The van der Waals surface area contributed by atoms with Crippen LogP contribution >= 0.6 is 16.4 Å². The summed E-state index contributed by atoms with van der Waals surface area (Å²) in [5.41, 5.74) is 6.88. The predicted octanol–water partition coefficient (Wildman–Crippen LogP) is 15.5. The first-order chi connectivity index (χ1) is 43.3. The summed E-state index contributed by atoms with van der Waals surface area (Å²) >= 11 is 0. The zero-order valence-electron chi connectivity index (χ0n) is 50.3. The lowest BCUT2D eigenvalue weighted by Crippen LogP contribution is -2.43. The lowest BCUT2D eigenvalue weighted by Gasteiger charge is -2.37. The molecule has 0 aromatic heterocycles. The van der Waals surface area contributed by atoms with E-state index in [1.165, 1.54) is 0 Å². The van der Waals surface area contributed by atoms with Crippen molar-refractivity contribution in [3.05, 3.63) is 241 Å². The van der Waals surface area contributed by atoms with Crippen LogP contribution in [-0.2, 0) is 40.1 Å². The number of aryl methyl sites for hydroxylation is 4. The van der Waals surface area contributed by atoms with Crippen LogP contribution in [0.25, 0.3) is 54.9 Å². The van der Waals surface area contributed by atoms with E-state index >= 15 is 33.7 Å². The molecular weight excluding hydrogens is 1240 g/mol. The third-order valence-corrected chi connectivity index (χ3v) is 33.8. The monoisotopic (exact) mass is 1310 g/mol. The van der Waals surface area contributed by atoms with E-state index in [4.69, 9.17) is 0 Å². The Kier molecular flexibility index (Phi) is 16.0. The van der Waals surface area contributed by atoms with Crippen molar-refractivity contribution in [1.82, 2.24) is 16.3 Å². The lowest BCUT2D eigenvalue weighted by atomic mass is 9.88. The molecule has 2 saturated carbocycles. The largest absolute Gasteiger partial charge is 0.248 e. The molecule has 0 radical (unpaired) electrons. The van der Waals surface area contributed by atoms with E-state index in [-0.39, 0.29) is 19.6 Å². The molecule has 14 rings (SSSR count). The summed E-state index contributed by atoms with van der Waals surface area (Å²) in [4.78, 5) is 0.0787. The summed E-state index contributed by atoms with van der Waals surface area (Å²) in [6.45, 7) is 7.58. The Morgan fingerprint density at radius 2 is 0.556 bits per heavy atom. The van der Waals surface area contributed by atoms with Gasteiger partial charge in [-0.05, 0) is 158 Å². The Labute approximate surface area is 531 Å². The van der Waals surface area contributed by atoms with Crippen molar-refractivity contribution in [3.8, 4) is 33.4 Å². The molecule has 2 saturated heterocycles. The van der Waals surface area contributed by atoms with E-state index < -0.39 is 80.7 Å². The van der Waals surface area contributed by atoms with Gasteiger partial charge in [0.25, 0.3) is 0 Å². The third kappa shape index (κ3) is 10.3. The molecule has 4 unspecified atom stereocenters. The molecule has 4 aliphatic rings. The molecule has 458 valence electrons. The van der Waals surface area contributed by atoms with Crippen molar-refractivity contribution in [2.45, 2.75) is 123 Å². The topological polar surface area (TPSA) is 150 Å². The number of hydrogen-bond donors (Lipinski definition) is 0. The second kappa shape index (κ2) is 23.7. The molecule has 90 heavy (non-hydrogen) atoms. The average Bonchev–Trinajstić information content (AvgIpc) is 1.45. The van der Waals surface area contributed by atoms with Gasteiger partial charge in [-0.15, -0.1) is 0 Å². The van der Waals surface area contributed by atoms with Gasteiger partial charge in [0.15, 0.2) is 0 Å². The molecule has 12 nitrogen and oxygen atoms in total. The lowest BCUT2D eigenvalue weighted by molar-refractivity contribution is 0.278. The van der Waals surface area contributed by atoms with Crippen LogP contribution < -0.4 is 10.6 Å². The first kappa shape index (κ1) is 60.8. The van der Waals surface area contributed by atoms with Gasteiger partial charge in [0.1, 0.15) is 16.4 Å². The van der Waals surface area contributed by atoms with Crippen molar-refractivity contribution in [1.29, 1.82) is 0 Å². The number of rotatable bonds is 13. The van der Waals surface area contributed by atoms with Gasteiger partial charge in [0, 0.05) is 45.9 Å². The minimum Gasteiger partial charge on any atom is -0.207 e. The molecule has 10 aromatic rings. The summed E-state index contributed by atoms with van der Waals surface area (Å²) in [5, 5.41) is 3.58. The van der Waals surface area contributed by atoms with E-state index in [0.717, 1.165) is 33.0 Å². The Balaban J connectivity index is 1.21. The molecule has 0 N–H and O–H groups in total. The molecule has 2 aliphatic heterocycles. The van der Waals surface area contributed by atoms with Crippen molar-refractivity contribution in [2.24, 2.45) is 0 Å². The second-order valence-electron chi connectivity index (χ2n) is 24.2. The van der Waals surface area contributed by atoms with Crippen molar-refractivity contribution >= 4 is 88.7 Å².